The molecule has 0 spiro atoms. The number of benzene rings is 2. The Hall–Kier alpha value is -2.40. The van der Waals surface area contributed by atoms with Crippen LogP contribution in [0.2, 0.25) is 0 Å². The molecule has 102 valence electrons. The predicted octanol–water partition coefficient (Wildman–Crippen LogP) is 3.13. The topological polar surface area (TPSA) is 55.6 Å². The van der Waals surface area contributed by atoms with Crippen molar-refractivity contribution in [3.05, 3.63) is 70.3 Å². The SMILES string of the molecule is O=[N+]([O-])c1ccc(N2COCC2c2ccccc2)cc1. The summed E-state index contributed by atoms with van der Waals surface area (Å²) in [5, 5.41) is 10.7. The Balaban J connectivity index is 1.87. The minimum Gasteiger partial charge on any atom is -0.359 e. The lowest BCUT2D eigenvalue weighted by atomic mass is 10.1. The Morgan fingerprint density at radius 3 is 2.45 bits per heavy atom. The van der Waals surface area contributed by atoms with E-state index in [9.17, 15) is 10.1 Å². The average Bonchev–Trinajstić information content (AvgIpc) is 2.97. The van der Waals surface area contributed by atoms with Crippen molar-refractivity contribution in [2.24, 2.45) is 0 Å². The highest BCUT2D eigenvalue weighted by atomic mass is 16.6. The van der Waals surface area contributed by atoms with Gasteiger partial charge in [-0.2, -0.15) is 0 Å². The summed E-state index contributed by atoms with van der Waals surface area (Å²) in [4.78, 5) is 12.4. The van der Waals surface area contributed by atoms with Crippen molar-refractivity contribution in [1.82, 2.24) is 0 Å². The minimum absolute atomic E-state index is 0.102. The number of ether oxygens (including phenoxy) is 1. The van der Waals surface area contributed by atoms with E-state index in [-0.39, 0.29) is 16.7 Å². The Labute approximate surface area is 116 Å². The Morgan fingerprint density at radius 1 is 1.10 bits per heavy atom. The van der Waals surface area contributed by atoms with Gasteiger partial charge in [-0.15, -0.1) is 0 Å². The summed E-state index contributed by atoms with van der Waals surface area (Å²) in [5.74, 6) is 0. The molecule has 3 rings (SSSR count). The van der Waals surface area contributed by atoms with E-state index in [4.69, 9.17) is 4.74 Å². The maximum Gasteiger partial charge on any atom is 0.269 e. The number of nitro groups is 1. The van der Waals surface area contributed by atoms with E-state index >= 15 is 0 Å². The fraction of sp³-hybridized carbons (Fsp3) is 0.200. The van der Waals surface area contributed by atoms with Crippen LogP contribution in [0.5, 0.6) is 0 Å². The monoisotopic (exact) mass is 270 g/mol. The van der Waals surface area contributed by atoms with E-state index in [0.717, 1.165) is 5.69 Å². The zero-order valence-electron chi connectivity index (χ0n) is 10.8. The lowest BCUT2D eigenvalue weighted by molar-refractivity contribution is -0.384. The van der Waals surface area contributed by atoms with Crippen LogP contribution in [-0.4, -0.2) is 18.3 Å². The number of non-ortho nitro benzene ring substituents is 1. The van der Waals surface area contributed by atoms with Gasteiger partial charge in [-0.05, 0) is 17.7 Å². The van der Waals surface area contributed by atoms with E-state index in [1.54, 1.807) is 12.1 Å². The second-order valence-corrected chi connectivity index (χ2v) is 4.67. The summed E-state index contributed by atoms with van der Waals surface area (Å²) in [6.45, 7) is 1.12. The van der Waals surface area contributed by atoms with Crippen LogP contribution in [0.4, 0.5) is 11.4 Å². The Morgan fingerprint density at radius 2 is 1.80 bits per heavy atom. The van der Waals surface area contributed by atoms with Crippen LogP contribution in [0.25, 0.3) is 0 Å². The quantitative estimate of drug-likeness (QED) is 0.635. The highest BCUT2D eigenvalue weighted by Crippen LogP contribution is 2.32. The Kier molecular flexibility index (Phi) is 3.35. The van der Waals surface area contributed by atoms with Crippen LogP contribution in [0.3, 0.4) is 0 Å². The molecular formula is C15H14N2O3. The Bertz CT molecular complexity index is 598. The molecular weight excluding hydrogens is 256 g/mol. The van der Waals surface area contributed by atoms with Gasteiger partial charge in [0, 0.05) is 17.8 Å². The van der Waals surface area contributed by atoms with E-state index in [1.165, 1.54) is 17.7 Å². The fourth-order valence-corrected chi connectivity index (χ4v) is 2.41. The van der Waals surface area contributed by atoms with Crippen LogP contribution in [0.1, 0.15) is 11.6 Å². The van der Waals surface area contributed by atoms with Gasteiger partial charge in [-0.3, -0.25) is 10.1 Å². The maximum absolute atomic E-state index is 10.7. The molecule has 1 unspecified atom stereocenters. The first-order chi connectivity index (χ1) is 9.75. The van der Waals surface area contributed by atoms with Gasteiger partial charge in [0.1, 0.15) is 6.73 Å². The third kappa shape index (κ3) is 2.35. The average molecular weight is 270 g/mol. The first-order valence-corrected chi connectivity index (χ1v) is 6.39. The van der Waals surface area contributed by atoms with Crippen molar-refractivity contribution < 1.29 is 9.66 Å². The van der Waals surface area contributed by atoms with Gasteiger partial charge in [-0.1, -0.05) is 30.3 Å². The second-order valence-electron chi connectivity index (χ2n) is 4.67. The molecule has 0 aliphatic carbocycles. The highest BCUT2D eigenvalue weighted by molar-refractivity contribution is 5.53. The molecule has 0 aromatic heterocycles. The van der Waals surface area contributed by atoms with Gasteiger partial charge < -0.3 is 9.64 Å². The lowest BCUT2D eigenvalue weighted by Crippen LogP contribution is -2.23. The molecule has 5 nitrogen and oxygen atoms in total. The van der Waals surface area contributed by atoms with Crippen molar-refractivity contribution in [3.8, 4) is 0 Å². The van der Waals surface area contributed by atoms with E-state index < -0.39 is 0 Å². The maximum atomic E-state index is 10.7. The first kappa shape index (κ1) is 12.6. The summed E-state index contributed by atoms with van der Waals surface area (Å²) in [7, 11) is 0. The number of hydrogen-bond acceptors (Lipinski definition) is 4. The molecule has 2 aromatic carbocycles. The van der Waals surface area contributed by atoms with Crippen molar-refractivity contribution in [2.45, 2.75) is 6.04 Å². The van der Waals surface area contributed by atoms with E-state index in [2.05, 4.69) is 17.0 Å². The third-order valence-electron chi connectivity index (χ3n) is 3.46. The van der Waals surface area contributed by atoms with Gasteiger partial charge in [0.2, 0.25) is 0 Å². The van der Waals surface area contributed by atoms with Crippen LogP contribution < -0.4 is 4.90 Å². The van der Waals surface area contributed by atoms with E-state index in [0.29, 0.717) is 13.3 Å². The third-order valence-corrected chi connectivity index (χ3v) is 3.46. The first-order valence-electron chi connectivity index (χ1n) is 6.39. The lowest BCUT2D eigenvalue weighted by Gasteiger charge is -2.24. The summed E-state index contributed by atoms with van der Waals surface area (Å²) in [6, 6.07) is 16.9. The molecule has 0 saturated carbocycles. The van der Waals surface area contributed by atoms with Gasteiger partial charge in [0.25, 0.3) is 5.69 Å². The molecule has 0 N–H and O–H groups in total. The largest absolute Gasteiger partial charge is 0.359 e. The predicted molar refractivity (Wildman–Crippen MR) is 75.6 cm³/mol. The summed E-state index contributed by atoms with van der Waals surface area (Å²) >= 11 is 0. The van der Waals surface area contributed by atoms with Crippen LogP contribution in [0, 0.1) is 10.1 Å². The fourth-order valence-electron chi connectivity index (χ4n) is 2.41. The molecule has 20 heavy (non-hydrogen) atoms. The minimum atomic E-state index is -0.390. The van der Waals surface area contributed by atoms with Crippen molar-refractivity contribution in [2.75, 3.05) is 18.2 Å². The standard InChI is InChI=1S/C15H14N2O3/c18-17(19)14-8-6-13(7-9-14)16-11-20-10-15(16)12-4-2-1-3-5-12/h1-9,15H,10-11H2. The summed E-state index contributed by atoms with van der Waals surface area (Å²) in [6.07, 6.45) is 0. The number of hydrogen-bond donors (Lipinski definition) is 0. The molecule has 1 aliphatic heterocycles. The molecule has 1 saturated heterocycles. The molecule has 1 atom stereocenters. The molecule has 1 heterocycles. The van der Waals surface area contributed by atoms with Crippen LogP contribution in [0.15, 0.2) is 54.6 Å². The van der Waals surface area contributed by atoms with Gasteiger partial charge in [-0.25, -0.2) is 0 Å². The molecule has 0 amide bonds. The zero-order chi connectivity index (χ0) is 13.9. The summed E-state index contributed by atoms with van der Waals surface area (Å²) in [5.41, 5.74) is 2.22. The van der Waals surface area contributed by atoms with Crippen molar-refractivity contribution in [3.63, 3.8) is 0 Å². The van der Waals surface area contributed by atoms with Gasteiger partial charge >= 0.3 is 0 Å². The van der Waals surface area contributed by atoms with Crippen molar-refractivity contribution >= 4 is 11.4 Å². The number of rotatable bonds is 3. The molecule has 1 fully saturated rings. The number of anilines is 1. The smallest absolute Gasteiger partial charge is 0.269 e. The second kappa shape index (κ2) is 5.30. The molecule has 0 bridgehead atoms. The molecule has 2 aromatic rings. The van der Waals surface area contributed by atoms with Crippen LogP contribution in [-0.2, 0) is 4.74 Å². The molecule has 1 aliphatic rings. The zero-order valence-corrected chi connectivity index (χ0v) is 10.8. The van der Waals surface area contributed by atoms with Gasteiger partial charge in [0.15, 0.2) is 0 Å². The molecule has 5 heteroatoms. The van der Waals surface area contributed by atoms with E-state index in [1.807, 2.05) is 18.2 Å². The van der Waals surface area contributed by atoms with Gasteiger partial charge in [0.05, 0.1) is 17.6 Å². The number of nitro benzene ring substituents is 1. The molecule has 0 radical (unpaired) electrons. The number of nitrogens with zero attached hydrogens (tertiary/aromatic N) is 2. The highest BCUT2D eigenvalue weighted by Gasteiger charge is 2.27. The van der Waals surface area contributed by atoms with Crippen molar-refractivity contribution in [1.29, 1.82) is 0 Å². The normalized spacial score (nSPS) is 18.2. The summed E-state index contributed by atoms with van der Waals surface area (Å²) < 4.78 is 5.55. The van der Waals surface area contributed by atoms with Crippen LogP contribution >= 0.6 is 0 Å².